The van der Waals surface area contributed by atoms with Crippen LogP contribution in [-0.2, 0) is 10.0 Å². The van der Waals surface area contributed by atoms with Gasteiger partial charge in [0.2, 0.25) is 10.0 Å². The second-order valence-corrected chi connectivity index (χ2v) is 6.09. The van der Waals surface area contributed by atoms with Crippen molar-refractivity contribution in [2.45, 2.75) is 6.92 Å². The summed E-state index contributed by atoms with van der Waals surface area (Å²) in [6.45, 7) is 1.95. The van der Waals surface area contributed by atoms with Crippen LogP contribution in [0.3, 0.4) is 0 Å². The number of anilines is 3. The molecule has 0 fully saturated rings. The van der Waals surface area contributed by atoms with Crippen LogP contribution in [0.4, 0.5) is 17.1 Å². The van der Waals surface area contributed by atoms with E-state index >= 15 is 0 Å². The van der Waals surface area contributed by atoms with Gasteiger partial charge in [0.1, 0.15) is 5.69 Å². The maximum absolute atomic E-state index is 11.6. The van der Waals surface area contributed by atoms with Gasteiger partial charge in [-0.2, -0.15) is 0 Å². The van der Waals surface area contributed by atoms with E-state index in [1.54, 1.807) is 25.1 Å². The first kappa shape index (κ1) is 15.0. The van der Waals surface area contributed by atoms with Gasteiger partial charge in [0.05, 0.1) is 24.2 Å². The van der Waals surface area contributed by atoms with Gasteiger partial charge in [0, 0.05) is 0 Å². The molecule has 2 rings (SSSR count). The van der Waals surface area contributed by atoms with Crippen molar-refractivity contribution in [3.05, 3.63) is 44.7 Å². The van der Waals surface area contributed by atoms with Crippen LogP contribution in [-0.4, -0.2) is 21.3 Å². The zero-order chi connectivity index (χ0) is 15.6. The number of rotatable bonds is 6. The van der Waals surface area contributed by atoms with Gasteiger partial charge in [-0.3, -0.25) is 14.3 Å². The number of hydrogen-bond acceptors (Lipinski definition) is 6. The number of hydrogen-bond donors (Lipinski definition) is 2. The van der Waals surface area contributed by atoms with Crippen molar-refractivity contribution in [1.29, 1.82) is 0 Å². The predicted molar refractivity (Wildman–Crippen MR) is 80.7 cm³/mol. The molecule has 0 aromatic heterocycles. The van der Waals surface area contributed by atoms with E-state index in [0.717, 1.165) is 6.26 Å². The highest BCUT2D eigenvalue weighted by Crippen LogP contribution is 2.28. The normalized spacial score (nSPS) is 11.3. The summed E-state index contributed by atoms with van der Waals surface area (Å²) >= 11 is 0. The lowest BCUT2D eigenvalue weighted by Crippen LogP contribution is -2.35. The van der Waals surface area contributed by atoms with Crippen molar-refractivity contribution in [2.24, 2.45) is 0 Å². The quantitative estimate of drug-likeness (QED) is 0.765. The average molecular weight is 310 g/mol. The van der Waals surface area contributed by atoms with Crippen molar-refractivity contribution in [3.63, 3.8) is 0 Å². The highest BCUT2D eigenvalue weighted by molar-refractivity contribution is 7.92. The maximum Gasteiger partial charge on any atom is 0.272 e. The van der Waals surface area contributed by atoms with Gasteiger partial charge in [-0.25, -0.2) is 8.42 Å². The SMILES string of the molecule is CCOc1c(Nc2ccccc2NS(C)(=O)=O)c(=O)c1=O. The first-order valence-electron chi connectivity index (χ1n) is 6.13. The standard InChI is InChI=1S/C13H14N2O5S/c1-3-20-13-10(11(16)12(13)17)14-8-6-4-5-7-9(8)15-21(2,18)19/h4-7,14-15H,3H2,1-2H3. The minimum absolute atomic E-state index is 0.0309. The zero-order valence-electron chi connectivity index (χ0n) is 11.5. The first-order chi connectivity index (χ1) is 9.83. The van der Waals surface area contributed by atoms with E-state index in [2.05, 4.69) is 10.0 Å². The van der Waals surface area contributed by atoms with Crippen molar-refractivity contribution in [3.8, 4) is 5.75 Å². The Labute approximate surface area is 121 Å². The smallest absolute Gasteiger partial charge is 0.272 e. The monoisotopic (exact) mass is 310 g/mol. The summed E-state index contributed by atoms with van der Waals surface area (Å²) < 4.78 is 30.0. The molecule has 0 aliphatic carbocycles. The minimum atomic E-state index is -3.46. The Balaban J connectivity index is 2.35. The van der Waals surface area contributed by atoms with Crippen LogP contribution in [0.15, 0.2) is 33.9 Å². The van der Waals surface area contributed by atoms with Gasteiger partial charge in [0.15, 0.2) is 5.75 Å². The van der Waals surface area contributed by atoms with Crippen LogP contribution in [0.1, 0.15) is 6.92 Å². The largest absolute Gasteiger partial charge is 0.488 e. The molecule has 112 valence electrons. The van der Waals surface area contributed by atoms with Gasteiger partial charge < -0.3 is 10.1 Å². The second-order valence-electron chi connectivity index (χ2n) is 4.34. The highest BCUT2D eigenvalue weighted by atomic mass is 32.2. The molecule has 0 amide bonds. The zero-order valence-corrected chi connectivity index (χ0v) is 12.3. The van der Waals surface area contributed by atoms with Crippen LogP contribution in [0, 0.1) is 0 Å². The Morgan fingerprint density at radius 3 is 2.29 bits per heavy atom. The lowest BCUT2D eigenvalue weighted by Gasteiger charge is -2.16. The van der Waals surface area contributed by atoms with Crippen LogP contribution in [0.5, 0.6) is 5.75 Å². The predicted octanol–water partition coefficient (Wildman–Crippen LogP) is 0.796. The molecular weight excluding hydrogens is 296 g/mol. The topological polar surface area (TPSA) is 102 Å². The van der Waals surface area contributed by atoms with Gasteiger partial charge in [-0.15, -0.1) is 0 Å². The lowest BCUT2D eigenvalue weighted by molar-refractivity contribution is 0.335. The summed E-state index contributed by atoms with van der Waals surface area (Å²) in [5.74, 6) is -0.0309. The summed E-state index contributed by atoms with van der Waals surface area (Å²) in [7, 11) is -3.46. The average Bonchev–Trinajstić information content (AvgIpc) is 2.42. The Kier molecular flexibility index (Phi) is 3.99. The molecule has 0 saturated carbocycles. The molecule has 21 heavy (non-hydrogen) atoms. The molecule has 8 heteroatoms. The molecule has 2 aromatic rings. The molecule has 0 saturated heterocycles. The van der Waals surface area contributed by atoms with E-state index in [9.17, 15) is 18.0 Å². The van der Waals surface area contributed by atoms with Gasteiger partial charge in [0.25, 0.3) is 10.9 Å². The first-order valence-corrected chi connectivity index (χ1v) is 8.02. The highest BCUT2D eigenvalue weighted by Gasteiger charge is 2.23. The van der Waals surface area contributed by atoms with E-state index in [0.29, 0.717) is 5.69 Å². The van der Waals surface area contributed by atoms with Crippen LogP contribution < -0.4 is 25.6 Å². The lowest BCUT2D eigenvalue weighted by atomic mass is 10.2. The Morgan fingerprint density at radius 1 is 1.10 bits per heavy atom. The van der Waals surface area contributed by atoms with E-state index in [4.69, 9.17) is 4.74 Å². The summed E-state index contributed by atoms with van der Waals surface area (Å²) in [4.78, 5) is 22.9. The van der Waals surface area contributed by atoms with E-state index in [-0.39, 0.29) is 23.7 Å². The van der Waals surface area contributed by atoms with Crippen molar-refractivity contribution in [1.82, 2.24) is 0 Å². The third kappa shape index (κ3) is 3.22. The number of para-hydroxylation sites is 2. The third-order valence-corrected chi connectivity index (χ3v) is 3.23. The van der Waals surface area contributed by atoms with Crippen LogP contribution in [0.25, 0.3) is 0 Å². The van der Waals surface area contributed by atoms with Gasteiger partial charge in [-0.05, 0) is 19.1 Å². The van der Waals surface area contributed by atoms with Gasteiger partial charge >= 0.3 is 0 Å². The number of benzene rings is 1. The molecule has 0 spiro atoms. The summed E-state index contributed by atoms with van der Waals surface area (Å²) in [6, 6.07) is 6.43. The second kappa shape index (κ2) is 5.57. The van der Waals surface area contributed by atoms with Crippen LogP contribution >= 0.6 is 0 Å². The Bertz CT molecular complexity index is 835. The maximum atomic E-state index is 11.6. The molecule has 2 N–H and O–H groups in total. The fraction of sp³-hybridized carbons (Fsp3) is 0.231. The molecule has 0 unspecified atom stereocenters. The fourth-order valence-corrected chi connectivity index (χ4v) is 2.36. The summed E-state index contributed by atoms with van der Waals surface area (Å²) in [5, 5.41) is 2.74. The minimum Gasteiger partial charge on any atom is -0.488 e. The third-order valence-electron chi connectivity index (χ3n) is 2.64. The molecule has 0 atom stereocenters. The van der Waals surface area contributed by atoms with Crippen molar-refractivity contribution >= 4 is 27.1 Å². The molecule has 2 aromatic carbocycles. The molecule has 7 nitrogen and oxygen atoms in total. The Hall–Kier alpha value is -2.35. The number of sulfonamides is 1. The molecule has 0 bridgehead atoms. The molecule has 0 aliphatic heterocycles. The summed E-state index contributed by atoms with van der Waals surface area (Å²) in [5.41, 5.74) is -0.711. The van der Waals surface area contributed by atoms with E-state index in [1.807, 2.05) is 0 Å². The molecule has 0 aliphatic rings. The molecule has 0 heterocycles. The molecular formula is C13H14N2O5S. The number of ether oxygens (including phenoxy) is 1. The van der Waals surface area contributed by atoms with Crippen molar-refractivity contribution < 1.29 is 13.2 Å². The van der Waals surface area contributed by atoms with Crippen LogP contribution in [0.2, 0.25) is 0 Å². The Morgan fingerprint density at radius 2 is 1.71 bits per heavy atom. The van der Waals surface area contributed by atoms with Gasteiger partial charge in [-0.1, -0.05) is 12.1 Å². The van der Waals surface area contributed by atoms with Crippen molar-refractivity contribution in [2.75, 3.05) is 22.9 Å². The molecule has 0 radical (unpaired) electrons. The fourth-order valence-electron chi connectivity index (χ4n) is 1.78. The number of nitrogens with one attached hydrogen (secondary N) is 2. The van der Waals surface area contributed by atoms with E-state index < -0.39 is 20.9 Å². The summed E-state index contributed by atoms with van der Waals surface area (Å²) in [6.07, 6.45) is 1.02. The van der Waals surface area contributed by atoms with E-state index in [1.165, 1.54) is 6.07 Å².